The first-order valence-electron chi connectivity index (χ1n) is 10.6. The van der Waals surface area contributed by atoms with Crippen molar-refractivity contribution in [2.24, 2.45) is 5.92 Å². The molecule has 0 saturated carbocycles. The predicted molar refractivity (Wildman–Crippen MR) is 118 cm³/mol. The molecule has 172 valence electrons. The highest BCUT2D eigenvalue weighted by Crippen LogP contribution is 2.11. The predicted octanol–water partition coefficient (Wildman–Crippen LogP) is 2.30. The highest BCUT2D eigenvalue weighted by molar-refractivity contribution is 6.03. The monoisotopic (exact) mass is 434 g/mol. The van der Waals surface area contributed by atoms with E-state index >= 15 is 0 Å². The molecule has 0 unspecified atom stereocenters. The highest BCUT2D eigenvalue weighted by atomic mass is 16.5. The van der Waals surface area contributed by atoms with E-state index in [9.17, 15) is 19.2 Å². The van der Waals surface area contributed by atoms with Gasteiger partial charge < -0.3 is 20.1 Å². The fraction of sp³-hybridized carbons (Fsp3) is 0.565. The van der Waals surface area contributed by atoms with E-state index in [0.29, 0.717) is 38.0 Å². The summed E-state index contributed by atoms with van der Waals surface area (Å²) in [4.78, 5) is 46.4. The number of anilines is 1. The number of carbonyl (C=O) groups excluding carboxylic acids is 4. The fourth-order valence-electron chi connectivity index (χ4n) is 2.63. The van der Waals surface area contributed by atoms with Crippen LogP contribution in [0.4, 0.5) is 5.69 Å². The maximum absolute atomic E-state index is 12.0. The van der Waals surface area contributed by atoms with Crippen molar-refractivity contribution >= 4 is 29.1 Å². The van der Waals surface area contributed by atoms with E-state index in [1.165, 1.54) is 6.92 Å². The van der Waals surface area contributed by atoms with Gasteiger partial charge in [0, 0.05) is 38.5 Å². The Labute approximate surface area is 184 Å². The number of hydrogen-bond donors (Lipinski definition) is 2. The average molecular weight is 435 g/mol. The SMILES string of the molecule is CC(=O)CC(=O)Cc1ccc(NC(=O)CC(=O)NCCOCCCOCC(C)C)cc1. The minimum absolute atomic E-state index is 0.0780. The van der Waals surface area contributed by atoms with Crippen LogP contribution in [0.5, 0.6) is 0 Å². The number of hydrogen-bond acceptors (Lipinski definition) is 6. The lowest BCUT2D eigenvalue weighted by molar-refractivity contribution is -0.128. The van der Waals surface area contributed by atoms with E-state index in [1.807, 2.05) is 0 Å². The van der Waals surface area contributed by atoms with Crippen molar-refractivity contribution < 1.29 is 28.7 Å². The molecular weight excluding hydrogens is 400 g/mol. The first kappa shape index (κ1) is 26.5. The molecule has 31 heavy (non-hydrogen) atoms. The van der Waals surface area contributed by atoms with Crippen LogP contribution in [0, 0.1) is 5.92 Å². The molecule has 8 heteroatoms. The zero-order valence-corrected chi connectivity index (χ0v) is 18.7. The molecule has 2 N–H and O–H groups in total. The van der Waals surface area contributed by atoms with Crippen LogP contribution in [-0.2, 0) is 35.1 Å². The van der Waals surface area contributed by atoms with E-state index < -0.39 is 5.91 Å². The maximum atomic E-state index is 12.0. The Morgan fingerprint density at radius 3 is 2.23 bits per heavy atom. The second kappa shape index (κ2) is 15.3. The van der Waals surface area contributed by atoms with Gasteiger partial charge >= 0.3 is 0 Å². The van der Waals surface area contributed by atoms with E-state index in [2.05, 4.69) is 24.5 Å². The van der Waals surface area contributed by atoms with Gasteiger partial charge in [-0.15, -0.1) is 0 Å². The van der Waals surface area contributed by atoms with E-state index in [4.69, 9.17) is 9.47 Å². The average Bonchev–Trinajstić information content (AvgIpc) is 2.67. The second-order valence-corrected chi connectivity index (χ2v) is 7.80. The zero-order chi connectivity index (χ0) is 23.1. The number of nitrogens with one attached hydrogen (secondary N) is 2. The van der Waals surface area contributed by atoms with Crippen molar-refractivity contribution in [3.63, 3.8) is 0 Å². The molecular formula is C23H34N2O6. The lowest BCUT2D eigenvalue weighted by Gasteiger charge is -2.09. The van der Waals surface area contributed by atoms with Crippen molar-refractivity contribution in [3.05, 3.63) is 29.8 Å². The van der Waals surface area contributed by atoms with Crippen LogP contribution in [0.1, 0.15) is 45.6 Å². The molecule has 0 aliphatic rings. The Morgan fingerprint density at radius 1 is 0.903 bits per heavy atom. The molecule has 0 saturated heterocycles. The summed E-state index contributed by atoms with van der Waals surface area (Å²) in [7, 11) is 0. The summed E-state index contributed by atoms with van der Waals surface area (Å²) < 4.78 is 10.9. The topological polar surface area (TPSA) is 111 Å². The van der Waals surface area contributed by atoms with Gasteiger partial charge in [0.25, 0.3) is 0 Å². The van der Waals surface area contributed by atoms with Gasteiger partial charge in [0.2, 0.25) is 11.8 Å². The maximum Gasteiger partial charge on any atom is 0.233 e. The van der Waals surface area contributed by atoms with Crippen molar-refractivity contribution in [2.45, 2.75) is 46.5 Å². The van der Waals surface area contributed by atoms with Crippen molar-refractivity contribution in [3.8, 4) is 0 Å². The van der Waals surface area contributed by atoms with Gasteiger partial charge in [0.1, 0.15) is 18.0 Å². The standard InChI is InChI=1S/C23H34N2O6/c1-17(2)16-31-11-4-10-30-12-9-24-22(28)15-23(29)25-20-7-5-19(6-8-20)14-21(27)13-18(3)26/h5-8,17H,4,9-16H2,1-3H3,(H,24,28)(H,25,29). The lowest BCUT2D eigenvalue weighted by atomic mass is 10.1. The van der Waals surface area contributed by atoms with Gasteiger partial charge in [-0.05, 0) is 37.0 Å². The second-order valence-electron chi connectivity index (χ2n) is 7.80. The summed E-state index contributed by atoms with van der Waals surface area (Å²) >= 11 is 0. The third-order valence-electron chi connectivity index (χ3n) is 4.00. The van der Waals surface area contributed by atoms with Crippen LogP contribution in [-0.4, -0.2) is 56.4 Å². The Kier molecular flexibility index (Phi) is 13.0. The largest absolute Gasteiger partial charge is 0.381 e. The highest BCUT2D eigenvalue weighted by Gasteiger charge is 2.10. The molecule has 0 aliphatic carbocycles. The molecule has 1 rings (SSSR count). The first-order chi connectivity index (χ1) is 14.8. The molecule has 0 heterocycles. The molecule has 1 aromatic rings. The molecule has 1 aromatic carbocycles. The summed E-state index contributed by atoms with van der Waals surface area (Å²) in [5.74, 6) is -0.606. The number of benzene rings is 1. The molecule has 0 atom stereocenters. The lowest BCUT2D eigenvalue weighted by Crippen LogP contribution is -2.30. The van der Waals surface area contributed by atoms with E-state index in [-0.39, 0.29) is 36.7 Å². The van der Waals surface area contributed by atoms with Gasteiger partial charge in [0.15, 0.2) is 0 Å². The first-order valence-corrected chi connectivity index (χ1v) is 10.6. The van der Waals surface area contributed by atoms with Crippen LogP contribution in [0.2, 0.25) is 0 Å². The fourth-order valence-corrected chi connectivity index (χ4v) is 2.63. The van der Waals surface area contributed by atoms with E-state index in [0.717, 1.165) is 18.6 Å². The normalized spacial score (nSPS) is 10.7. The van der Waals surface area contributed by atoms with Crippen molar-refractivity contribution in [1.29, 1.82) is 0 Å². The van der Waals surface area contributed by atoms with E-state index in [1.54, 1.807) is 24.3 Å². The molecule has 2 amide bonds. The quantitative estimate of drug-likeness (QED) is 0.305. The molecule has 8 nitrogen and oxygen atoms in total. The van der Waals surface area contributed by atoms with Gasteiger partial charge in [-0.3, -0.25) is 19.2 Å². The summed E-state index contributed by atoms with van der Waals surface area (Å²) in [5, 5.41) is 5.28. The number of ketones is 2. The summed E-state index contributed by atoms with van der Waals surface area (Å²) in [6, 6.07) is 6.73. The van der Waals surface area contributed by atoms with Crippen LogP contribution in [0.15, 0.2) is 24.3 Å². The summed E-state index contributed by atoms with van der Waals surface area (Å²) in [6.07, 6.45) is 0.600. The van der Waals surface area contributed by atoms with Gasteiger partial charge in [0.05, 0.1) is 13.0 Å². The smallest absolute Gasteiger partial charge is 0.233 e. The molecule has 0 radical (unpaired) electrons. The number of amides is 2. The van der Waals surface area contributed by atoms with Crippen LogP contribution in [0.3, 0.4) is 0 Å². The summed E-state index contributed by atoms with van der Waals surface area (Å²) in [6.45, 7) is 8.24. The number of carbonyl (C=O) groups is 4. The molecule has 0 fully saturated rings. The Balaban J connectivity index is 2.16. The van der Waals surface area contributed by atoms with Gasteiger partial charge in [-0.25, -0.2) is 0 Å². The van der Waals surface area contributed by atoms with Crippen molar-refractivity contribution in [1.82, 2.24) is 5.32 Å². The Hall–Kier alpha value is -2.58. The minimum Gasteiger partial charge on any atom is -0.381 e. The molecule has 0 bridgehead atoms. The van der Waals surface area contributed by atoms with Gasteiger partial charge in [-0.1, -0.05) is 26.0 Å². The number of Topliss-reactive ketones (excluding diaryl/α,β-unsaturated/α-hetero) is 2. The number of ether oxygens (including phenoxy) is 2. The Bertz CT molecular complexity index is 715. The van der Waals surface area contributed by atoms with Crippen LogP contribution >= 0.6 is 0 Å². The van der Waals surface area contributed by atoms with Gasteiger partial charge in [-0.2, -0.15) is 0 Å². The van der Waals surface area contributed by atoms with Crippen LogP contribution in [0.25, 0.3) is 0 Å². The molecule has 0 spiro atoms. The third-order valence-corrected chi connectivity index (χ3v) is 4.00. The molecule has 0 aromatic heterocycles. The number of rotatable bonds is 16. The van der Waals surface area contributed by atoms with Crippen molar-refractivity contribution in [2.75, 3.05) is 38.3 Å². The van der Waals surface area contributed by atoms with Crippen LogP contribution < -0.4 is 10.6 Å². The minimum atomic E-state index is -0.430. The zero-order valence-electron chi connectivity index (χ0n) is 18.7. The molecule has 0 aliphatic heterocycles. The third kappa shape index (κ3) is 14.1. The summed E-state index contributed by atoms with van der Waals surface area (Å²) in [5.41, 5.74) is 1.29. The Morgan fingerprint density at radius 2 is 1.58 bits per heavy atom.